The van der Waals surface area contributed by atoms with E-state index in [-0.39, 0.29) is 0 Å². The third-order valence-corrected chi connectivity index (χ3v) is 3.79. The van der Waals surface area contributed by atoms with E-state index >= 15 is 0 Å². The molecule has 4 rings (SSSR count). The van der Waals surface area contributed by atoms with Gasteiger partial charge in [0.1, 0.15) is 0 Å². The summed E-state index contributed by atoms with van der Waals surface area (Å²) < 4.78 is 3.67. The molecule has 0 aromatic heterocycles. The number of fused-ring (bicyclic) bond motifs is 2. The molecule has 0 aliphatic rings. The molecule has 0 aliphatic carbocycles. The van der Waals surface area contributed by atoms with Gasteiger partial charge in [-0.3, -0.25) is 0 Å². The zero-order chi connectivity index (χ0) is 17.5. The minimum absolute atomic E-state index is 1.17. The van der Waals surface area contributed by atoms with E-state index in [1.165, 1.54) is 32.7 Å². The van der Waals surface area contributed by atoms with E-state index in [9.17, 15) is 0 Å². The first-order chi connectivity index (χ1) is 11.5. The Labute approximate surface area is 163 Å². The van der Waals surface area contributed by atoms with Crippen molar-refractivity contribution < 1.29 is 16.6 Å². The zero-order valence-electron chi connectivity index (χ0n) is 13.9. The molecule has 0 unspecified atom stereocenters. The van der Waals surface area contributed by atoms with Crippen LogP contribution in [-0.2, 0) is 16.6 Å². The Morgan fingerprint density at radius 1 is 0.750 bits per heavy atom. The van der Waals surface area contributed by atoms with Crippen LogP contribution in [0.5, 0.6) is 0 Å². The summed E-state index contributed by atoms with van der Waals surface area (Å²) in [5.74, 6) is 0. The maximum atomic E-state index is 3.67. The number of hydrogen-bond acceptors (Lipinski definition) is 0. The summed E-state index contributed by atoms with van der Waals surface area (Å²) in [6.45, 7) is 4.28. The fourth-order valence-corrected chi connectivity index (χ4v) is 2.65. The van der Waals surface area contributed by atoms with Gasteiger partial charge in [-0.05, 0) is 13.8 Å². The molecule has 0 N–H and O–H groups in total. The van der Waals surface area contributed by atoms with Crippen LogP contribution in [0, 0.1) is 13.8 Å². The van der Waals surface area contributed by atoms with Gasteiger partial charge in [0.2, 0.25) is 0 Å². The topological polar surface area (TPSA) is 0 Å². The van der Waals surface area contributed by atoms with Crippen LogP contribution in [0.1, 0.15) is 11.1 Å². The van der Waals surface area contributed by atoms with Crippen LogP contribution in [0.2, 0.25) is 0 Å². The van der Waals surface area contributed by atoms with Gasteiger partial charge >= 0.3 is 45.2 Å². The van der Waals surface area contributed by atoms with E-state index < -0.39 is 16.6 Å². The number of hydrogen-bond donors (Lipinski definition) is 0. The van der Waals surface area contributed by atoms with E-state index in [1.807, 2.05) is 0 Å². The third-order valence-electron chi connectivity index (χ3n) is 3.79. The van der Waals surface area contributed by atoms with Crippen molar-refractivity contribution in [3.8, 4) is 0 Å². The summed E-state index contributed by atoms with van der Waals surface area (Å²) in [6, 6.07) is 25.5. The van der Waals surface area contributed by atoms with Crippen molar-refractivity contribution in [2.24, 2.45) is 0 Å². The number of aryl methyl sites for hydroxylation is 2. The Bertz CT molecular complexity index is 855. The third kappa shape index (κ3) is 5.72. The fourth-order valence-electron chi connectivity index (χ4n) is 2.65. The second-order valence-corrected chi connectivity index (χ2v) is 24.8. The molecule has 0 fully saturated rings. The van der Waals surface area contributed by atoms with Crippen LogP contribution in [0.25, 0.3) is 21.5 Å². The summed E-state index contributed by atoms with van der Waals surface area (Å²) >= 11 is 5.38. The normalized spacial score (nSPS) is 9.83. The van der Waals surface area contributed by atoms with Gasteiger partial charge in [-0.15, -0.1) is 57.9 Å². The molecular formula is C21H20Br2Zr-2. The van der Waals surface area contributed by atoms with E-state index in [0.717, 1.165) is 0 Å². The molecule has 24 heavy (non-hydrogen) atoms. The van der Waals surface area contributed by atoms with Gasteiger partial charge in [0, 0.05) is 0 Å². The average molecular weight is 523 g/mol. The summed E-state index contributed by atoms with van der Waals surface area (Å²) in [7, 11) is 0. The fraction of sp³-hybridized carbons (Fsp3) is 0.0952. The van der Waals surface area contributed by atoms with Crippen molar-refractivity contribution in [3.05, 3.63) is 83.9 Å². The van der Waals surface area contributed by atoms with Crippen LogP contribution in [0.15, 0.2) is 72.8 Å². The Morgan fingerprint density at radius 2 is 1.12 bits per heavy atom. The molecule has 0 saturated carbocycles. The molecule has 3 heteroatoms. The second kappa shape index (κ2) is 9.75. The van der Waals surface area contributed by atoms with Crippen molar-refractivity contribution in [1.82, 2.24) is 0 Å². The molecule has 0 heterocycles. The Kier molecular flexibility index (Phi) is 8.00. The van der Waals surface area contributed by atoms with E-state index in [4.69, 9.17) is 0 Å². The molecule has 4 aromatic carbocycles. The quantitative estimate of drug-likeness (QED) is 0.211. The van der Waals surface area contributed by atoms with Gasteiger partial charge in [0.15, 0.2) is 0 Å². The van der Waals surface area contributed by atoms with Gasteiger partial charge in [0.05, 0.1) is 0 Å². The van der Waals surface area contributed by atoms with Gasteiger partial charge in [0.25, 0.3) is 0 Å². The standard InChI is InChI=1S/2C10H9.CH2.2BrH.Zr/c2*1-8-4-2-5-9-6-3-7-10(8)9;;;;/h2*2-7H,1H3;1H2;2*1H;/q2*-1;;;;+2/p-2. The second-order valence-electron chi connectivity index (χ2n) is 5.55. The predicted molar refractivity (Wildman–Crippen MR) is 114 cm³/mol. The Hall–Kier alpha value is -0.627. The molecule has 4 aromatic rings. The molecule has 124 valence electrons. The van der Waals surface area contributed by atoms with Crippen molar-refractivity contribution in [2.45, 2.75) is 13.8 Å². The van der Waals surface area contributed by atoms with Crippen LogP contribution in [0.3, 0.4) is 0 Å². The minimum atomic E-state index is -1.17. The van der Waals surface area contributed by atoms with Crippen LogP contribution in [-0.4, -0.2) is 4.21 Å². The first-order valence-corrected chi connectivity index (χ1v) is 20.7. The van der Waals surface area contributed by atoms with Crippen molar-refractivity contribution in [1.29, 1.82) is 0 Å². The summed E-state index contributed by atoms with van der Waals surface area (Å²) in [5.41, 5.74) is 2.73. The number of halogens is 2. The Balaban J connectivity index is 0.000000143. The number of rotatable bonds is 0. The average Bonchev–Trinajstić information content (AvgIpc) is 3.17. The monoisotopic (exact) mass is 520 g/mol. The van der Waals surface area contributed by atoms with Crippen LogP contribution >= 0.6 is 24.4 Å². The van der Waals surface area contributed by atoms with Crippen LogP contribution < -0.4 is 0 Å². The van der Waals surface area contributed by atoms with E-state index in [2.05, 4.69) is 115 Å². The van der Waals surface area contributed by atoms with Gasteiger partial charge in [-0.2, -0.15) is 24.3 Å². The van der Waals surface area contributed by atoms with Crippen molar-refractivity contribution in [2.75, 3.05) is 0 Å². The molecule has 0 bridgehead atoms. The first kappa shape index (κ1) is 19.7. The van der Waals surface area contributed by atoms with Crippen molar-refractivity contribution >= 4 is 50.2 Å². The summed E-state index contributed by atoms with van der Waals surface area (Å²) in [6.07, 6.45) is 0. The molecule has 0 amide bonds. The first-order valence-electron chi connectivity index (χ1n) is 7.71. The maximum absolute atomic E-state index is 3.67. The van der Waals surface area contributed by atoms with E-state index in [1.54, 1.807) is 0 Å². The summed E-state index contributed by atoms with van der Waals surface area (Å²) in [5, 5.41) is 5.45. The molecular weight excluding hydrogens is 503 g/mol. The van der Waals surface area contributed by atoms with Gasteiger partial charge in [-0.1, -0.05) is 23.3 Å². The van der Waals surface area contributed by atoms with Crippen LogP contribution in [0.4, 0.5) is 0 Å². The summed E-state index contributed by atoms with van der Waals surface area (Å²) in [4.78, 5) is 0. The molecule has 0 spiro atoms. The van der Waals surface area contributed by atoms with Gasteiger partial charge in [-0.25, -0.2) is 0 Å². The predicted octanol–water partition coefficient (Wildman–Crippen LogP) is 7.39. The molecule has 0 aliphatic heterocycles. The van der Waals surface area contributed by atoms with Crippen molar-refractivity contribution in [3.63, 3.8) is 0 Å². The zero-order valence-corrected chi connectivity index (χ0v) is 19.5. The SMILES string of the molecule is Cc1cccc2[cH-]ccc12.Cc1cccc2[cH-]ccc12.[CH2]=[Zr]([Br])[Br]. The molecule has 0 nitrogen and oxygen atoms in total. The Morgan fingerprint density at radius 3 is 1.46 bits per heavy atom. The molecule has 0 atom stereocenters. The number of benzene rings is 2. The molecule has 0 radical (unpaired) electrons. The van der Waals surface area contributed by atoms with Gasteiger partial charge < -0.3 is 0 Å². The molecule has 0 saturated heterocycles. The van der Waals surface area contributed by atoms with E-state index in [0.29, 0.717) is 0 Å².